The van der Waals surface area contributed by atoms with Gasteiger partial charge in [-0.2, -0.15) is 0 Å². The minimum absolute atomic E-state index is 0.0912. The average Bonchev–Trinajstić information content (AvgIpc) is 3.85. The number of amides is 5. The second kappa shape index (κ2) is 15.1. The Kier molecular flexibility index (Phi) is 10.4. The number of rotatable bonds is 4. The maximum absolute atomic E-state index is 14.1. The van der Waals surface area contributed by atoms with Crippen LogP contribution in [0.15, 0.2) is 72.9 Å². The predicted molar refractivity (Wildman–Crippen MR) is 183 cm³/mol. The third-order valence-corrected chi connectivity index (χ3v) is 9.43. The van der Waals surface area contributed by atoms with Gasteiger partial charge in [-0.25, -0.2) is 0 Å². The van der Waals surface area contributed by atoms with Crippen LogP contribution in [0.25, 0.3) is 0 Å². The van der Waals surface area contributed by atoms with Crippen LogP contribution in [0, 0.1) is 0 Å². The molecule has 4 aliphatic rings. The first-order chi connectivity index (χ1) is 24.1. The fourth-order valence-electron chi connectivity index (χ4n) is 6.31. The van der Waals surface area contributed by atoms with Crippen LogP contribution in [0.5, 0.6) is 11.5 Å². The Hall–Kier alpha value is -5.33. The summed E-state index contributed by atoms with van der Waals surface area (Å²) in [6, 6.07) is 17.1. The van der Waals surface area contributed by atoms with Crippen LogP contribution in [-0.4, -0.2) is 89.0 Å². The van der Waals surface area contributed by atoms with E-state index in [4.69, 9.17) is 9.47 Å². The second-order valence-corrected chi connectivity index (χ2v) is 13.2. The van der Waals surface area contributed by atoms with Crippen molar-refractivity contribution >= 4 is 29.5 Å². The molecule has 50 heavy (non-hydrogen) atoms. The molecule has 2 aromatic carbocycles. The summed E-state index contributed by atoms with van der Waals surface area (Å²) in [5.74, 6) is -1.16. The van der Waals surface area contributed by atoms with E-state index in [1.54, 1.807) is 36.1 Å². The summed E-state index contributed by atoms with van der Waals surface area (Å²) >= 11 is 0. The largest absolute Gasteiger partial charge is 0.492 e. The number of piperidine rings is 1. The maximum atomic E-state index is 14.1. The Morgan fingerprint density at radius 3 is 2.18 bits per heavy atom. The zero-order chi connectivity index (χ0) is 35.3. The van der Waals surface area contributed by atoms with Gasteiger partial charge in [0.05, 0.1) is 6.54 Å². The SMILES string of the molecule is C[C@@H]1NC(=O)[C@H](Cc2ccccc2)NC(=O)[C@H](C)NC(=O)C2(CCN(C(=O)c3cccn3C3CC3)CC2)Oc2ccc(cc2)OCCNC1=O. The molecule has 1 aromatic heterocycles. The molecular formula is C37H44N6O7. The smallest absolute Gasteiger partial charge is 0.270 e. The van der Waals surface area contributed by atoms with E-state index < -0.39 is 47.4 Å². The molecule has 1 aliphatic carbocycles. The summed E-state index contributed by atoms with van der Waals surface area (Å²) in [6.07, 6.45) is 4.59. The average molecular weight is 685 g/mol. The lowest BCUT2D eigenvalue weighted by atomic mass is 9.89. The molecule has 13 heteroatoms. The molecule has 4 N–H and O–H groups in total. The van der Waals surface area contributed by atoms with E-state index in [9.17, 15) is 24.0 Å². The zero-order valence-corrected chi connectivity index (χ0v) is 28.4. The molecule has 7 rings (SSSR count). The summed E-state index contributed by atoms with van der Waals surface area (Å²) in [5.41, 5.74) is 0.0548. The Morgan fingerprint density at radius 2 is 1.48 bits per heavy atom. The van der Waals surface area contributed by atoms with Crippen LogP contribution < -0.4 is 30.7 Å². The fraction of sp³-hybridized carbons (Fsp3) is 0.432. The van der Waals surface area contributed by atoms with Crippen LogP contribution in [-0.2, 0) is 25.6 Å². The number of carbonyl (C=O) groups excluding carboxylic acids is 5. The molecule has 264 valence electrons. The van der Waals surface area contributed by atoms with Crippen molar-refractivity contribution < 1.29 is 33.4 Å². The topological polar surface area (TPSA) is 160 Å². The molecule has 0 unspecified atom stereocenters. The van der Waals surface area contributed by atoms with E-state index in [2.05, 4.69) is 21.3 Å². The highest BCUT2D eigenvalue weighted by molar-refractivity contribution is 5.96. The van der Waals surface area contributed by atoms with Crippen molar-refractivity contribution in [2.24, 2.45) is 0 Å². The van der Waals surface area contributed by atoms with Crippen molar-refractivity contribution in [3.8, 4) is 11.5 Å². The van der Waals surface area contributed by atoms with E-state index >= 15 is 0 Å². The van der Waals surface area contributed by atoms with Crippen molar-refractivity contribution in [1.29, 1.82) is 0 Å². The molecule has 1 spiro atoms. The molecule has 2 fully saturated rings. The summed E-state index contributed by atoms with van der Waals surface area (Å²) in [4.78, 5) is 69.2. The predicted octanol–water partition coefficient (Wildman–Crippen LogP) is 2.12. The highest BCUT2D eigenvalue weighted by Gasteiger charge is 2.46. The second-order valence-electron chi connectivity index (χ2n) is 13.2. The first-order valence-corrected chi connectivity index (χ1v) is 17.2. The van der Waals surface area contributed by atoms with Gasteiger partial charge < -0.3 is 40.2 Å². The molecule has 13 nitrogen and oxygen atoms in total. The van der Waals surface area contributed by atoms with E-state index in [0.717, 1.165) is 18.4 Å². The van der Waals surface area contributed by atoms with Gasteiger partial charge >= 0.3 is 0 Å². The lowest BCUT2D eigenvalue weighted by Crippen LogP contribution is -2.61. The third kappa shape index (κ3) is 8.10. The Morgan fingerprint density at radius 1 is 0.800 bits per heavy atom. The number of ether oxygens (including phenoxy) is 2. The van der Waals surface area contributed by atoms with Crippen LogP contribution in [0.4, 0.5) is 0 Å². The standard InChI is InChI=1S/C37H44N6O7/c1-24-32(44)38-18-22-49-28-12-14-29(15-13-28)50-37(16-20-42(21-17-37)35(47)31-9-6-19-43(31)27-10-11-27)36(48)40-25(2)33(45)41-30(34(46)39-24)23-26-7-4-3-5-8-26/h3-9,12-15,19,24-25,27,30H,10-11,16-18,20-23H2,1-2H3,(H,38,44)(H,39,46)(H,40,48)(H,41,45)/t24-,25-,30-/m0/s1. The zero-order valence-electron chi connectivity index (χ0n) is 28.4. The van der Waals surface area contributed by atoms with Gasteiger partial charge in [-0.1, -0.05) is 30.3 Å². The first kappa shape index (κ1) is 34.5. The van der Waals surface area contributed by atoms with Gasteiger partial charge in [-0.3, -0.25) is 24.0 Å². The number of likely N-dealkylation sites (tertiary alicyclic amines) is 1. The lowest BCUT2D eigenvalue weighted by molar-refractivity contribution is -0.143. The Bertz CT molecular complexity index is 1700. The van der Waals surface area contributed by atoms with Gasteiger partial charge in [0.15, 0.2) is 5.60 Å². The van der Waals surface area contributed by atoms with E-state index in [-0.39, 0.29) is 51.4 Å². The number of nitrogens with one attached hydrogen (secondary N) is 4. The summed E-state index contributed by atoms with van der Waals surface area (Å²) in [7, 11) is 0. The minimum atomic E-state index is -1.38. The fourth-order valence-corrected chi connectivity index (χ4v) is 6.31. The number of benzene rings is 2. The molecule has 5 amide bonds. The molecule has 1 saturated carbocycles. The number of hydrogen-bond acceptors (Lipinski definition) is 7. The third-order valence-electron chi connectivity index (χ3n) is 9.43. The number of fused-ring (bicyclic) bond motifs is 15. The van der Waals surface area contributed by atoms with Crippen molar-refractivity contribution in [3.63, 3.8) is 0 Å². The van der Waals surface area contributed by atoms with Crippen molar-refractivity contribution in [2.75, 3.05) is 26.2 Å². The van der Waals surface area contributed by atoms with Crippen LogP contribution in [0.2, 0.25) is 0 Å². The summed E-state index contributed by atoms with van der Waals surface area (Å²) < 4.78 is 14.3. The molecule has 3 atom stereocenters. The van der Waals surface area contributed by atoms with Gasteiger partial charge in [0.25, 0.3) is 11.8 Å². The highest BCUT2D eigenvalue weighted by Crippen LogP contribution is 2.37. The highest BCUT2D eigenvalue weighted by atomic mass is 16.5. The summed E-state index contributed by atoms with van der Waals surface area (Å²) in [5, 5.41) is 11.0. The molecule has 1 saturated heterocycles. The quantitative estimate of drug-likeness (QED) is 0.307. The molecule has 0 radical (unpaired) electrons. The molecule has 2 bridgehead atoms. The van der Waals surface area contributed by atoms with Gasteiger partial charge in [-0.15, -0.1) is 0 Å². The first-order valence-electron chi connectivity index (χ1n) is 17.2. The molecule has 3 aromatic rings. The van der Waals surface area contributed by atoms with Crippen LogP contribution >= 0.6 is 0 Å². The monoisotopic (exact) mass is 684 g/mol. The van der Waals surface area contributed by atoms with Gasteiger partial charge in [0, 0.05) is 44.6 Å². The van der Waals surface area contributed by atoms with Crippen LogP contribution in [0.3, 0.4) is 0 Å². The summed E-state index contributed by atoms with van der Waals surface area (Å²) in [6.45, 7) is 4.02. The number of hydrogen-bond donors (Lipinski definition) is 4. The Labute approximate surface area is 291 Å². The number of nitrogens with zero attached hydrogens (tertiary/aromatic N) is 2. The van der Waals surface area contributed by atoms with E-state index in [1.165, 1.54) is 6.92 Å². The number of carbonyl (C=O) groups is 5. The normalized spacial score (nSPS) is 23.5. The number of aromatic nitrogens is 1. The molecule has 3 aliphatic heterocycles. The van der Waals surface area contributed by atoms with Gasteiger partial charge in [-0.05, 0) is 68.7 Å². The van der Waals surface area contributed by atoms with Crippen molar-refractivity contribution in [1.82, 2.24) is 30.7 Å². The van der Waals surface area contributed by atoms with Crippen molar-refractivity contribution in [3.05, 3.63) is 84.2 Å². The maximum Gasteiger partial charge on any atom is 0.270 e. The van der Waals surface area contributed by atoms with Gasteiger partial charge in [0.1, 0.15) is 41.9 Å². The van der Waals surface area contributed by atoms with E-state index in [0.29, 0.717) is 23.2 Å². The molecular weight excluding hydrogens is 640 g/mol. The Balaban J connectivity index is 1.23. The van der Waals surface area contributed by atoms with E-state index in [1.807, 2.05) is 53.2 Å². The van der Waals surface area contributed by atoms with Crippen LogP contribution in [0.1, 0.15) is 61.6 Å². The lowest BCUT2D eigenvalue weighted by Gasteiger charge is -2.41. The minimum Gasteiger partial charge on any atom is -0.492 e. The van der Waals surface area contributed by atoms with Gasteiger partial charge in [0.2, 0.25) is 17.7 Å². The molecule has 4 heterocycles. The van der Waals surface area contributed by atoms with Crippen molar-refractivity contribution in [2.45, 2.75) is 75.7 Å².